The van der Waals surface area contributed by atoms with Crippen LogP contribution in [-0.4, -0.2) is 30.5 Å². The third kappa shape index (κ3) is 3.11. The van der Waals surface area contributed by atoms with Crippen molar-refractivity contribution in [3.05, 3.63) is 57.8 Å². The molecule has 1 aliphatic rings. The van der Waals surface area contributed by atoms with Gasteiger partial charge >= 0.3 is 5.97 Å². The Bertz CT molecular complexity index is 1070. The van der Waals surface area contributed by atoms with Crippen LogP contribution in [0.3, 0.4) is 0 Å². The summed E-state index contributed by atoms with van der Waals surface area (Å²) in [6.07, 6.45) is 1.53. The number of anilines is 1. The number of carbonyl (C=O) groups excluding carboxylic acids is 2. The van der Waals surface area contributed by atoms with Crippen LogP contribution in [0.1, 0.15) is 43.5 Å². The summed E-state index contributed by atoms with van der Waals surface area (Å²) in [4.78, 5) is 32.3. The monoisotopic (exact) mass is 396 g/mol. The minimum absolute atomic E-state index is 0.104. The van der Waals surface area contributed by atoms with E-state index in [0.717, 1.165) is 29.9 Å². The molecule has 1 amide bonds. The van der Waals surface area contributed by atoms with Gasteiger partial charge in [0.05, 0.1) is 18.4 Å². The Hall–Kier alpha value is -2.93. The van der Waals surface area contributed by atoms with Crippen molar-refractivity contribution < 1.29 is 18.7 Å². The number of benzene rings is 1. The fraction of sp³-hybridized carbons (Fsp3) is 0.286. The van der Waals surface area contributed by atoms with Crippen molar-refractivity contribution >= 4 is 28.9 Å². The van der Waals surface area contributed by atoms with E-state index in [1.165, 1.54) is 18.4 Å². The zero-order valence-corrected chi connectivity index (χ0v) is 16.8. The van der Waals surface area contributed by atoms with Crippen LogP contribution in [0, 0.1) is 13.8 Å². The van der Waals surface area contributed by atoms with Gasteiger partial charge in [-0.2, -0.15) is 0 Å². The minimum Gasteiger partial charge on any atom is -0.465 e. The molecule has 28 heavy (non-hydrogen) atoms. The Labute approximate surface area is 166 Å². The number of aromatic nitrogens is 1. The van der Waals surface area contributed by atoms with E-state index < -0.39 is 0 Å². The van der Waals surface area contributed by atoms with Gasteiger partial charge in [0, 0.05) is 12.2 Å². The second-order valence-electron chi connectivity index (χ2n) is 6.70. The second kappa shape index (κ2) is 7.24. The van der Waals surface area contributed by atoms with Crippen molar-refractivity contribution in [2.45, 2.75) is 26.7 Å². The van der Waals surface area contributed by atoms with Crippen molar-refractivity contribution in [2.24, 2.45) is 0 Å². The fourth-order valence-electron chi connectivity index (χ4n) is 3.51. The van der Waals surface area contributed by atoms with E-state index in [1.807, 2.05) is 32.0 Å². The van der Waals surface area contributed by atoms with Gasteiger partial charge in [0.1, 0.15) is 10.6 Å². The largest absolute Gasteiger partial charge is 0.465 e. The first-order valence-corrected chi connectivity index (χ1v) is 9.87. The number of esters is 1. The van der Waals surface area contributed by atoms with Gasteiger partial charge in [0.15, 0.2) is 10.8 Å². The van der Waals surface area contributed by atoms with Crippen molar-refractivity contribution in [1.29, 1.82) is 0 Å². The highest BCUT2D eigenvalue weighted by Gasteiger charge is 2.29. The molecule has 3 heterocycles. The number of aryl methyl sites for hydroxylation is 2. The number of rotatable bonds is 3. The molecular formula is C21H20N2O4S. The number of thiazole rings is 1. The molecule has 3 aromatic rings. The zero-order valence-electron chi connectivity index (χ0n) is 15.9. The summed E-state index contributed by atoms with van der Waals surface area (Å²) in [7, 11) is 1.37. The lowest BCUT2D eigenvalue weighted by Crippen LogP contribution is -2.36. The molecule has 4 rings (SSSR count). The van der Waals surface area contributed by atoms with E-state index >= 15 is 0 Å². The molecule has 0 unspecified atom stereocenters. The first-order chi connectivity index (χ1) is 13.5. The smallest absolute Gasteiger partial charge is 0.338 e. The van der Waals surface area contributed by atoms with Crippen molar-refractivity contribution in [1.82, 2.24) is 4.98 Å². The summed E-state index contributed by atoms with van der Waals surface area (Å²) in [6.45, 7) is 4.31. The summed E-state index contributed by atoms with van der Waals surface area (Å²) in [6, 6.07) is 9.15. The van der Waals surface area contributed by atoms with Gasteiger partial charge < -0.3 is 14.1 Å². The van der Waals surface area contributed by atoms with Gasteiger partial charge in [-0.3, -0.25) is 4.79 Å². The van der Waals surface area contributed by atoms with Crippen LogP contribution >= 0.6 is 11.3 Å². The number of furan rings is 1. The van der Waals surface area contributed by atoms with Gasteiger partial charge in [-0.15, -0.1) is 11.3 Å². The Balaban J connectivity index is 1.71. The molecule has 0 saturated heterocycles. The molecule has 0 spiro atoms. The normalized spacial score (nSPS) is 13.3. The quantitative estimate of drug-likeness (QED) is 0.614. The van der Waals surface area contributed by atoms with Crippen LogP contribution in [0.15, 0.2) is 34.7 Å². The molecule has 1 aliphatic heterocycles. The molecule has 144 valence electrons. The van der Waals surface area contributed by atoms with Crippen LogP contribution in [0.4, 0.5) is 5.69 Å². The van der Waals surface area contributed by atoms with E-state index in [9.17, 15) is 9.59 Å². The topological polar surface area (TPSA) is 72.6 Å². The molecule has 7 heteroatoms. The summed E-state index contributed by atoms with van der Waals surface area (Å²) in [5.41, 5.74) is 2.82. The maximum atomic E-state index is 13.3. The zero-order chi connectivity index (χ0) is 19.8. The highest BCUT2D eigenvalue weighted by Crippen LogP contribution is 2.35. The molecule has 6 nitrogen and oxygen atoms in total. The second-order valence-corrected chi connectivity index (χ2v) is 7.70. The average molecular weight is 396 g/mol. The Morgan fingerprint density at radius 3 is 2.75 bits per heavy atom. The number of ether oxygens (including phenoxy) is 1. The van der Waals surface area contributed by atoms with E-state index in [2.05, 4.69) is 4.98 Å². The number of amides is 1. The average Bonchev–Trinajstić information content (AvgIpc) is 3.31. The number of hydrogen-bond donors (Lipinski definition) is 0. The molecule has 0 atom stereocenters. The molecule has 2 aromatic heterocycles. The third-order valence-corrected chi connectivity index (χ3v) is 6.00. The summed E-state index contributed by atoms with van der Waals surface area (Å²) < 4.78 is 10.5. The van der Waals surface area contributed by atoms with E-state index in [0.29, 0.717) is 33.4 Å². The maximum Gasteiger partial charge on any atom is 0.338 e. The van der Waals surface area contributed by atoms with Gasteiger partial charge in [-0.25, -0.2) is 9.78 Å². The summed E-state index contributed by atoms with van der Waals surface area (Å²) >= 11 is 1.33. The van der Waals surface area contributed by atoms with E-state index in [4.69, 9.17) is 9.15 Å². The number of carbonyl (C=O) groups is 2. The molecule has 0 aliphatic carbocycles. The Morgan fingerprint density at radius 1 is 1.21 bits per heavy atom. The highest BCUT2D eigenvalue weighted by atomic mass is 32.1. The van der Waals surface area contributed by atoms with Crippen LogP contribution in [0.25, 0.3) is 10.8 Å². The molecule has 0 radical (unpaired) electrons. The number of nitrogens with zero attached hydrogens (tertiary/aromatic N) is 2. The molecule has 0 N–H and O–H groups in total. The lowest BCUT2D eigenvalue weighted by Gasteiger charge is -2.30. The SMILES string of the molecule is COC(=O)c1cccc2c1CCCN2C(=O)c1sc(-c2ccc(C)o2)nc1C. The van der Waals surface area contributed by atoms with E-state index in [-0.39, 0.29) is 11.9 Å². The van der Waals surface area contributed by atoms with Gasteiger partial charge in [0.25, 0.3) is 5.91 Å². The van der Waals surface area contributed by atoms with Gasteiger partial charge in [0.2, 0.25) is 0 Å². The van der Waals surface area contributed by atoms with Crippen LogP contribution in [0.5, 0.6) is 0 Å². The summed E-state index contributed by atoms with van der Waals surface area (Å²) in [5, 5.41) is 0.689. The van der Waals surface area contributed by atoms with Gasteiger partial charge in [-0.05, 0) is 56.5 Å². The van der Waals surface area contributed by atoms with Crippen LogP contribution in [0.2, 0.25) is 0 Å². The van der Waals surface area contributed by atoms with Crippen molar-refractivity contribution in [3.8, 4) is 10.8 Å². The summed E-state index contributed by atoms with van der Waals surface area (Å²) in [5.74, 6) is 0.982. The standard InChI is InChI=1S/C21H20N2O4S/c1-12-9-10-17(27-12)19-22-13(2)18(28-19)20(24)23-11-5-7-14-15(21(25)26-3)6-4-8-16(14)23/h4,6,8-10H,5,7,11H2,1-3H3. The molecular weight excluding hydrogens is 376 g/mol. The van der Waals surface area contributed by atoms with Crippen molar-refractivity contribution in [2.75, 3.05) is 18.6 Å². The number of hydrogen-bond acceptors (Lipinski definition) is 6. The number of fused-ring (bicyclic) bond motifs is 1. The predicted octanol–water partition coefficient (Wildman–Crippen LogP) is 4.40. The van der Waals surface area contributed by atoms with Crippen molar-refractivity contribution in [3.63, 3.8) is 0 Å². The molecule has 0 saturated carbocycles. The highest BCUT2D eigenvalue weighted by molar-refractivity contribution is 7.17. The predicted molar refractivity (Wildman–Crippen MR) is 107 cm³/mol. The lowest BCUT2D eigenvalue weighted by atomic mass is 9.96. The molecule has 0 bridgehead atoms. The first-order valence-electron chi connectivity index (χ1n) is 9.06. The lowest BCUT2D eigenvalue weighted by molar-refractivity contribution is 0.0599. The Kier molecular flexibility index (Phi) is 4.77. The fourth-order valence-corrected chi connectivity index (χ4v) is 4.49. The first kappa shape index (κ1) is 18.4. The van der Waals surface area contributed by atoms with Crippen LogP contribution < -0.4 is 4.90 Å². The maximum absolute atomic E-state index is 13.3. The minimum atomic E-state index is -0.379. The number of methoxy groups -OCH3 is 1. The molecule has 1 aromatic carbocycles. The Morgan fingerprint density at radius 2 is 2.04 bits per heavy atom. The van der Waals surface area contributed by atoms with Gasteiger partial charge in [-0.1, -0.05) is 6.07 Å². The third-order valence-electron chi connectivity index (χ3n) is 4.84. The molecule has 0 fully saturated rings. The van der Waals surface area contributed by atoms with Crippen LogP contribution in [-0.2, 0) is 11.2 Å². The van der Waals surface area contributed by atoms with E-state index in [1.54, 1.807) is 17.0 Å².